The van der Waals surface area contributed by atoms with Crippen molar-refractivity contribution in [2.24, 2.45) is 11.8 Å². The number of hydrogen-bond acceptors (Lipinski definition) is 4. The molecule has 2 aliphatic rings. The highest BCUT2D eigenvalue weighted by atomic mass is 32.2. The highest BCUT2D eigenvalue weighted by Crippen LogP contribution is 2.34. The maximum absolute atomic E-state index is 8.73. The topological polar surface area (TPSA) is 23.5 Å². The zero-order valence-electron chi connectivity index (χ0n) is 12.0. The number of thioether (sulfide) groups is 2. The first-order chi connectivity index (χ1) is 9.19. The first-order valence-corrected chi connectivity index (χ1v) is 9.29. The van der Waals surface area contributed by atoms with Gasteiger partial charge >= 0.3 is 0 Å². The summed E-state index contributed by atoms with van der Waals surface area (Å²) in [6.07, 6.45) is 2.58. The zero-order valence-corrected chi connectivity index (χ0v) is 13.6. The van der Waals surface area contributed by atoms with Crippen molar-refractivity contribution in [3.63, 3.8) is 0 Å². The summed E-state index contributed by atoms with van der Waals surface area (Å²) < 4.78 is 0. The summed E-state index contributed by atoms with van der Waals surface area (Å²) in [6, 6.07) is 0. The molecule has 0 amide bonds. The van der Waals surface area contributed by atoms with Gasteiger partial charge in [-0.1, -0.05) is 18.8 Å². The third kappa shape index (κ3) is 4.90. The molecule has 19 heavy (non-hydrogen) atoms. The molecule has 2 heterocycles. The summed E-state index contributed by atoms with van der Waals surface area (Å²) in [5.41, 5.74) is 0. The minimum absolute atomic E-state index is 0.00251. The number of aliphatic hydroxyl groups is 1. The summed E-state index contributed by atoms with van der Waals surface area (Å²) in [5.74, 6) is 9.84. The molecule has 0 aliphatic carbocycles. The van der Waals surface area contributed by atoms with E-state index in [9.17, 15) is 0 Å². The van der Waals surface area contributed by atoms with Crippen molar-refractivity contribution >= 4 is 23.5 Å². The van der Waals surface area contributed by atoms with Crippen LogP contribution in [0.25, 0.3) is 0 Å². The number of hydrogen-bond donors (Lipinski definition) is 1. The maximum Gasteiger partial charge on any atom is 0.104 e. The molecule has 2 aliphatic heterocycles. The van der Waals surface area contributed by atoms with Gasteiger partial charge in [-0.3, -0.25) is 0 Å². The van der Waals surface area contributed by atoms with Crippen molar-refractivity contribution in [1.82, 2.24) is 4.90 Å². The van der Waals surface area contributed by atoms with Crippen LogP contribution in [0.3, 0.4) is 0 Å². The van der Waals surface area contributed by atoms with Crippen LogP contribution in [0.2, 0.25) is 0 Å². The fourth-order valence-electron chi connectivity index (χ4n) is 2.84. The van der Waals surface area contributed by atoms with Gasteiger partial charge in [0.15, 0.2) is 0 Å². The van der Waals surface area contributed by atoms with Crippen LogP contribution in [-0.4, -0.2) is 58.8 Å². The molecule has 108 valence electrons. The SMILES string of the molecule is CC1CCSC1CN(C)CC1CC(C#CCO)CS1. The molecule has 0 spiro atoms. The van der Waals surface area contributed by atoms with Crippen molar-refractivity contribution in [3.05, 3.63) is 0 Å². The lowest BCUT2D eigenvalue weighted by Gasteiger charge is -2.25. The van der Waals surface area contributed by atoms with Gasteiger partial charge in [0.1, 0.15) is 6.61 Å². The second-order valence-electron chi connectivity index (χ2n) is 5.76. The molecule has 4 unspecified atom stereocenters. The van der Waals surface area contributed by atoms with E-state index in [0.29, 0.717) is 5.92 Å². The van der Waals surface area contributed by atoms with E-state index < -0.39 is 0 Å². The number of rotatable bonds is 4. The van der Waals surface area contributed by atoms with Crippen molar-refractivity contribution < 1.29 is 5.11 Å². The molecule has 2 saturated heterocycles. The van der Waals surface area contributed by atoms with Crippen molar-refractivity contribution in [2.45, 2.75) is 30.3 Å². The molecule has 0 aromatic rings. The predicted molar refractivity (Wildman–Crippen MR) is 86.7 cm³/mol. The molecular weight excluding hydrogens is 274 g/mol. The van der Waals surface area contributed by atoms with Crippen LogP contribution in [0.4, 0.5) is 0 Å². The summed E-state index contributed by atoms with van der Waals surface area (Å²) in [4.78, 5) is 2.51. The van der Waals surface area contributed by atoms with E-state index in [2.05, 4.69) is 54.2 Å². The zero-order chi connectivity index (χ0) is 13.7. The highest BCUT2D eigenvalue weighted by Gasteiger charge is 2.28. The van der Waals surface area contributed by atoms with Crippen LogP contribution in [0.15, 0.2) is 0 Å². The van der Waals surface area contributed by atoms with Gasteiger partial charge in [-0.15, -0.1) is 0 Å². The van der Waals surface area contributed by atoms with E-state index in [1.165, 1.54) is 31.7 Å². The monoisotopic (exact) mass is 299 g/mol. The van der Waals surface area contributed by atoms with E-state index >= 15 is 0 Å². The summed E-state index contributed by atoms with van der Waals surface area (Å²) in [5, 5.41) is 10.3. The first-order valence-electron chi connectivity index (χ1n) is 7.20. The van der Waals surface area contributed by atoms with Gasteiger partial charge in [-0.05, 0) is 31.6 Å². The molecule has 0 saturated carbocycles. The Morgan fingerprint density at radius 2 is 2.16 bits per heavy atom. The summed E-state index contributed by atoms with van der Waals surface area (Å²) >= 11 is 4.21. The van der Waals surface area contributed by atoms with Gasteiger partial charge < -0.3 is 10.0 Å². The summed E-state index contributed by atoms with van der Waals surface area (Å²) in [6.45, 7) is 4.81. The van der Waals surface area contributed by atoms with Crippen LogP contribution < -0.4 is 0 Å². The molecule has 4 heteroatoms. The van der Waals surface area contributed by atoms with Crippen LogP contribution >= 0.6 is 23.5 Å². The molecule has 0 aromatic heterocycles. The summed E-state index contributed by atoms with van der Waals surface area (Å²) in [7, 11) is 2.26. The third-order valence-electron chi connectivity index (χ3n) is 4.01. The van der Waals surface area contributed by atoms with Gasteiger partial charge in [-0.2, -0.15) is 23.5 Å². The average Bonchev–Trinajstić information content (AvgIpc) is 2.97. The molecule has 2 rings (SSSR count). The Morgan fingerprint density at radius 3 is 2.84 bits per heavy atom. The molecule has 2 nitrogen and oxygen atoms in total. The largest absolute Gasteiger partial charge is 0.384 e. The van der Waals surface area contributed by atoms with Crippen LogP contribution in [-0.2, 0) is 0 Å². The number of aliphatic hydroxyl groups excluding tert-OH is 1. The van der Waals surface area contributed by atoms with E-state index in [1.807, 2.05) is 0 Å². The lowest BCUT2D eigenvalue weighted by atomic mass is 10.0. The highest BCUT2D eigenvalue weighted by molar-refractivity contribution is 8.00. The smallest absolute Gasteiger partial charge is 0.104 e. The minimum atomic E-state index is 0.00251. The van der Waals surface area contributed by atoms with Gasteiger partial charge in [0, 0.05) is 35.3 Å². The molecule has 2 fully saturated rings. The molecule has 4 atom stereocenters. The Hall–Kier alpha value is 0.180. The van der Waals surface area contributed by atoms with Crippen LogP contribution in [0.1, 0.15) is 19.8 Å². The molecule has 1 N–H and O–H groups in total. The molecule has 0 radical (unpaired) electrons. The van der Waals surface area contributed by atoms with Crippen molar-refractivity contribution in [3.8, 4) is 11.8 Å². The Balaban J connectivity index is 1.70. The molecule has 0 aromatic carbocycles. The Labute approximate surface area is 126 Å². The predicted octanol–water partition coefficient (Wildman–Crippen LogP) is 2.18. The van der Waals surface area contributed by atoms with Gasteiger partial charge in [0.05, 0.1) is 0 Å². The first kappa shape index (κ1) is 15.6. The molecule has 0 bridgehead atoms. The fourth-order valence-corrected chi connectivity index (χ4v) is 5.93. The quantitative estimate of drug-likeness (QED) is 0.804. The Kier molecular flexibility index (Phi) is 6.41. The number of nitrogens with zero attached hydrogens (tertiary/aromatic N) is 1. The average molecular weight is 300 g/mol. The van der Waals surface area contributed by atoms with E-state index in [1.54, 1.807) is 0 Å². The van der Waals surface area contributed by atoms with E-state index in [0.717, 1.165) is 22.2 Å². The second-order valence-corrected chi connectivity index (χ2v) is 8.44. The van der Waals surface area contributed by atoms with Gasteiger partial charge in [-0.25, -0.2) is 0 Å². The maximum atomic E-state index is 8.73. The normalized spacial score (nSPS) is 34.5. The second kappa shape index (κ2) is 7.83. The Morgan fingerprint density at radius 1 is 1.32 bits per heavy atom. The standard InChI is InChI=1S/C15H25NOS2/c1-12-5-7-18-15(12)10-16(2)9-14-8-13(11-19-14)4-3-6-17/h12-15,17H,5-11H2,1-2H3. The third-order valence-corrected chi connectivity index (χ3v) is 6.93. The van der Waals surface area contributed by atoms with Crippen molar-refractivity contribution in [2.75, 3.05) is 38.2 Å². The van der Waals surface area contributed by atoms with E-state index in [-0.39, 0.29) is 6.61 Å². The minimum Gasteiger partial charge on any atom is -0.384 e. The Bertz CT molecular complexity index is 339. The van der Waals surface area contributed by atoms with Crippen LogP contribution in [0, 0.1) is 23.7 Å². The van der Waals surface area contributed by atoms with Crippen molar-refractivity contribution in [1.29, 1.82) is 0 Å². The molecular formula is C15H25NOS2. The lowest BCUT2D eigenvalue weighted by Crippen LogP contribution is -2.33. The van der Waals surface area contributed by atoms with E-state index in [4.69, 9.17) is 5.11 Å². The van der Waals surface area contributed by atoms with Gasteiger partial charge in [0.25, 0.3) is 0 Å². The lowest BCUT2D eigenvalue weighted by molar-refractivity contribution is 0.311. The fraction of sp³-hybridized carbons (Fsp3) is 0.867. The van der Waals surface area contributed by atoms with Gasteiger partial charge in [0.2, 0.25) is 0 Å². The van der Waals surface area contributed by atoms with Crippen LogP contribution in [0.5, 0.6) is 0 Å².